The SMILES string of the molecule is Cc1cnc(NC(=O)CCC(C)S)s1. The Morgan fingerprint density at radius 3 is 3.00 bits per heavy atom. The molecule has 3 nitrogen and oxygen atoms in total. The average molecular weight is 230 g/mol. The van der Waals surface area contributed by atoms with Crippen LogP contribution in [0.5, 0.6) is 0 Å². The molecule has 0 aliphatic rings. The van der Waals surface area contributed by atoms with Gasteiger partial charge in [0.15, 0.2) is 5.13 Å². The molecule has 0 saturated carbocycles. The molecule has 0 fully saturated rings. The van der Waals surface area contributed by atoms with Gasteiger partial charge in [-0.1, -0.05) is 6.92 Å². The molecule has 1 unspecified atom stereocenters. The van der Waals surface area contributed by atoms with Gasteiger partial charge in [-0.2, -0.15) is 12.6 Å². The zero-order valence-corrected chi connectivity index (χ0v) is 9.99. The number of anilines is 1. The van der Waals surface area contributed by atoms with Gasteiger partial charge in [-0.15, -0.1) is 11.3 Å². The molecule has 1 heterocycles. The Balaban J connectivity index is 2.34. The molecule has 0 spiro atoms. The molecule has 78 valence electrons. The largest absolute Gasteiger partial charge is 0.302 e. The number of thiazole rings is 1. The van der Waals surface area contributed by atoms with Crippen LogP contribution in [0.3, 0.4) is 0 Å². The lowest BCUT2D eigenvalue weighted by Crippen LogP contribution is -2.12. The van der Waals surface area contributed by atoms with Crippen molar-refractivity contribution in [2.45, 2.75) is 31.9 Å². The minimum atomic E-state index is 0.0141. The fraction of sp³-hybridized carbons (Fsp3) is 0.556. The predicted molar refractivity (Wildman–Crippen MR) is 63.2 cm³/mol. The fourth-order valence-electron chi connectivity index (χ4n) is 0.934. The third kappa shape index (κ3) is 4.11. The predicted octanol–water partition coefficient (Wildman–Crippen LogP) is 2.49. The van der Waals surface area contributed by atoms with Crippen molar-refractivity contribution in [2.75, 3.05) is 5.32 Å². The molecule has 0 aliphatic carbocycles. The normalized spacial score (nSPS) is 12.5. The maximum absolute atomic E-state index is 11.3. The van der Waals surface area contributed by atoms with Gasteiger partial charge < -0.3 is 5.32 Å². The Morgan fingerprint density at radius 2 is 2.50 bits per heavy atom. The van der Waals surface area contributed by atoms with Crippen LogP contribution >= 0.6 is 24.0 Å². The number of aryl methyl sites for hydroxylation is 1. The van der Waals surface area contributed by atoms with E-state index in [-0.39, 0.29) is 11.2 Å². The monoisotopic (exact) mass is 230 g/mol. The summed E-state index contributed by atoms with van der Waals surface area (Å²) in [5, 5.41) is 3.70. The third-order valence-corrected chi connectivity index (χ3v) is 2.74. The van der Waals surface area contributed by atoms with E-state index in [4.69, 9.17) is 0 Å². The van der Waals surface area contributed by atoms with E-state index in [0.717, 1.165) is 11.3 Å². The highest BCUT2D eigenvalue weighted by Crippen LogP contribution is 2.17. The van der Waals surface area contributed by atoms with Crippen LogP contribution < -0.4 is 5.32 Å². The van der Waals surface area contributed by atoms with E-state index < -0.39 is 0 Å². The Hall–Kier alpha value is -0.550. The first-order chi connectivity index (χ1) is 6.58. The first-order valence-electron chi connectivity index (χ1n) is 4.48. The van der Waals surface area contributed by atoms with Crippen LogP contribution in [0.15, 0.2) is 6.20 Å². The molecule has 1 amide bonds. The number of nitrogens with zero attached hydrogens (tertiary/aromatic N) is 1. The van der Waals surface area contributed by atoms with Crippen LogP contribution in [0.25, 0.3) is 0 Å². The molecule has 1 atom stereocenters. The van der Waals surface area contributed by atoms with Crippen molar-refractivity contribution < 1.29 is 4.79 Å². The minimum absolute atomic E-state index is 0.0141. The van der Waals surface area contributed by atoms with Crippen LogP contribution in [0, 0.1) is 6.92 Å². The molecule has 0 radical (unpaired) electrons. The molecule has 1 rings (SSSR count). The fourth-order valence-corrected chi connectivity index (χ4v) is 1.74. The number of hydrogen-bond donors (Lipinski definition) is 2. The number of aromatic nitrogens is 1. The zero-order chi connectivity index (χ0) is 10.6. The highest BCUT2D eigenvalue weighted by Gasteiger charge is 2.06. The number of nitrogens with one attached hydrogen (secondary N) is 1. The Bertz CT molecular complexity index is 310. The summed E-state index contributed by atoms with van der Waals surface area (Å²) in [5.41, 5.74) is 0. The Labute approximate surface area is 93.3 Å². The van der Waals surface area contributed by atoms with Crippen LogP contribution in [0.1, 0.15) is 24.6 Å². The standard InChI is InChI=1S/C9H14N2OS2/c1-6(13)3-4-8(12)11-9-10-5-7(2)14-9/h5-6,13H,3-4H2,1-2H3,(H,10,11,12). The van der Waals surface area contributed by atoms with Gasteiger partial charge in [0, 0.05) is 17.5 Å². The molecule has 1 aromatic rings. The van der Waals surface area contributed by atoms with Gasteiger partial charge >= 0.3 is 0 Å². The first kappa shape index (κ1) is 11.5. The van der Waals surface area contributed by atoms with Crippen LogP contribution in [0.2, 0.25) is 0 Å². The number of thiol groups is 1. The van der Waals surface area contributed by atoms with E-state index in [1.54, 1.807) is 6.20 Å². The van der Waals surface area contributed by atoms with Gasteiger partial charge in [-0.25, -0.2) is 4.98 Å². The Kier molecular flexibility index (Phi) is 4.41. The van der Waals surface area contributed by atoms with Gasteiger partial charge in [-0.05, 0) is 18.6 Å². The van der Waals surface area contributed by atoms with Crippen molar-refractivity contribution in [1.29, 1.82) is 0 Å². The van der Waals surface area contributed by atoms with E-state index in [0.29, 0.717) is 11.6 Å². The van der Waals surface area contributed by atoms with E-state index in [9.17, 15) is 4.79 Å². The topological polar surface area (TPSA) is 42.0 Å². The van der Waals surface area contributed by atoms with Crippen LogP contribution in [0.4, 0.5) is 5.13 Å². The molecule has 14 heavy (non-hydrogen) atoms. The summed E-state index contributed by atoms with van der Waals surface area (Å²) >= 11 is 5.70. The van der Waals surface area contributed by atoms with Crippen molar-refractivity contribution >= 4 is 35.0 Å². The lowest BCUT2D eigenvalue weighted by atomic mass is 10.2. The maximum atomic E-state index is 11.3. The molecule has 0 bridgehead atoms. The molecule has 0 saturated heterocycles. The van der Waals surface area contributed by atoms with Crippen molar-refractivity contribution in [2.24, 2.45) is 0 Å². The molecule has 0 aromatic carbocycles. The van der Waals surface area contributed by atoms with Gasteiger partial charge in [0.05, 0.1) is 0 Å². The summed E-state index contributed by atoms with van der Waals surface area (Å²) in [6.07, 6.45) is 3.05. The molecule has 0 aliphatic heterocycles. The van der Waals surface area contributed by atoms with Crippen molar-refractivity contribution in [3.63, 3.8) is 0 Å². The average Bonchev–Trinajstić information content (AvgIpc) is 2.48. The first-order valence-corrected chi connectivity index (χ1v) is 5.81. The molecule has 1 N–H and O–H groups in total. The summed E-state index contributed by atoms with van der Waals surface area (Å²) in [5.74, 6) is 0.0141. The van der Waals surface area contributed by atoms with Gasteiger partial charge in [-0.3, -0.25) is 4.79 Å². The van der Waals surface area contributed by atoms with E-state index in [1.165, 1.54) is 11.3 Å². The second-order valence-corrected chi connectivity index (χ2v) is 5.33. The highest BCUT2D eigenvalue weighted by molar-refractivity contribution is 7.80. The van der Waals surface area contributed by atoms with E-state index >= 15 is 0 Å². The number of rotatable bonds is 4. The smallest absolute Gasteiger partial charge is 0.226 e. The molecular weight excluding hydrogens is 216 g/mol. The second-order valence-electron chi connectivity index (χ2n) is 3.21. The summed E-state index contributed by atoms with van der Waals surface area (Å²) in [7, 11) is 0. The number of hydrogen-bond acceptors (Lipinski definition) is 4. The number of amides is 1. The molecule has 1 aromatic heterocycles. The summed E-state index contributed by atoms with van der Waals surface area (Å²) in [6.45, 7) is 3.94. The van der Waals surface area contributed by atoms with Gasteiger partial charge in [0.25, 0.3) is 0 Å². The van der Waals surface area contributed by atoms with Crippen LogP contribution in [-0.2, 0) is 4.79 Å². The third-order valence-electron chi connectivity index (χ3n) is 1.66. The Morgan fingerprint density at radius 1 is 1.79 bits per heavy atom. The van der Waals surface area contributed by atoms with Gasteiger partial charge in [0.2, 0.25) is 5.91 Å². The van der Waals surface area contributed by atoms with E-state index in [1.807, 2.05) is 13.8 Å². The lowest BCUT2D eigenvalue weighted by Gasteiger charge is -2.03. The highest BCUT2D eigenvalue weighted by atomic mass is 32.1. The molecule has 5 heteroatoms. The van der Waals surface area contributed by atoms with E-state index in [2.05, 4.69) is 22.9 Å². The van der Waals surface area contributed by atoms with Crippen molar-refractivity contribution in [3.05, 3.63) is 11.1 Å². The number of carbonyl (C=O) groups is 1. The minimum Gasteiger partial charge on any atom is -0.302 e. The van der Waals surface area contributed by atoms with Crippen molar-refractivity contribution in [1.82, 2.24) is 4.98 Å². The van der Waals surface area contributed by atoms with Crippen LogP contribution in [-0.4, -0.2) is 16.1 Å². The maximum Gasteiger partial charge on any atom is 0.226 e. The second kappa shape index (κ2) is 5.36. The zero-order valence-electron chi connectivity index (χ0n) is 8.28. The summed E-state index contributed by atoms with van der Waals surface area (Å²) < 4.78 is 0. The summed E-state index contributed by atoms with van der Waals surface area (Å²) in [6, 6.07) is 0. The number of carbonyl (C=O) groups excluding carboxylic acids is 1. The summed E-state index contributed by atoms with van der Waals surface area (Å²) in [4.78, 5) is 16.5. The van der Waals surface area contributed by atoms with Gasteiger partial charge in [0.1, 0.15) is 0 Å². The van der Waals surface area contributed by atoms with Crippen molar-refractivity contribution in [3.8, 4) is 0 Å². The lowest BCUT2D eigenvalue weighted by molar-refractivity contribution is -0.116. The molecular formula is C9H14N2OS2. The quantitative estimate of drug-likeness (QED) is 0.780.